The molecule has 0 saturated heterocycles. The van der Waals surface area contributed by atoms with Crippen LogP contribution in [0.1, 0.15) is 22.8 Å². The van der Waals surface area contributed by atoms with Crippen LogP contribution in [0.15, 0.2) is 30.6 Å². The van der Waals surface area contributed by atoms with E-state index in [9.17, 15) is 9.59 Å². The molecule has 0 aliphatic rings. The highest BCUT2D eigenvalue weighted by molar-refractivity contribution is 6.46. The Kier molecular flexibility index (Phi) is 3.83. The van der Waals surface area contributed by atoms with Gasteiger partial charge in [0.15, 0.2) is 0 Å². The van der Waals surface area contributed by atoms with Gasteiger partial charge in [-0.25, -0.2) is 4.98 Å². The van der Waals surface area contributed by atoms with Gasteiger partial charge < -0.3 is 4.57 Å². The molecule has 3 rings (SSSR count). The zero-order valence-electron chi connectivity index (χ0n) is 13.1. The summed E-state index contributed by atoms with van der Waals surface area (Å²) in [7, 11) is 1.66. The van der Waals surface area contributed by atoms with E-state index in [4.69, 9.17) is 5.26 Å². The van der Waals surface area contributed by atoms with Crippen molar-refractivity contribution < 1.29 is 9.59 Å². The molecule has 0 aliphatic carbocycles. The summed E-state index contributed by atoms with van der Waals surface area (Å²) in [5, 5.41) is 15.4. The number of nitrogens with zero attached hydrogens (tertiary/aromatic N) is 5. The second kappa shape index (κ2) is 5.96. The molecule has 8 nitrogen and oxygen atoms in total. The molecule has 0 radical (unpaired) electrons. The lowest BCUT2D eigenvalue weighted by molar-refractivity contribution is -0.112. The third-order valence-corrected chi connectivity index (χ3v) is 3.59. The first-order valence-electron chi connectivity index (χ1n) is 7.28. The first kappa shape index (κ1) is 15.4. The fourth-order valence-corrected chi connectivity index (χ4v) is 2.44. The largest absolute Gasteiger partial charge is 0.310 e. The lowest BCUT2D eigenvalue weighted by Crippen LogP contribution is -2.24. The predicted molar refractivity (Wildman–Crippen MR) is 86.3 cm³/mol. The lowest BCUT2D eigenvalue weighted by atomic mass is 10.2. The number of Topliss-reactive ketones (excluding diaryl/α,β-unsaturated/α-hetero) is 1. The summed E-state index contributed by atoms with van der Waals surface area (Å²) >= 11 is 0. The molecule has 0 spiro atoms. The molecule has 0 atom stereocenters. The number of nitriles is 1. The van der Waals surface area contributed by atoms with Gasteiger partial charge in [-0.3, -0.25) is 19.6 Å². The van der Waals surface area contributed by atoms with E-state index in [-0.39, 0.29) is 11.5 Å². The van der Waals surface area contributed by atoms with E-state index in [0.717, 1.165) is 5.52 Å². The van der Waals surface area contributed by atoms with Gasteiger partial charge in [0.2, 0.25) is 5.95 Å². The molecule has 1 aromatic carbocycles. The van der Waals surface area contributed by atoms with Gasteiger partial charge in [0.05, 0.1) is 34.4 Å². The predicted octanol–water partition coefficient (Wildman–Crippen LogP) is 1.48. The van der Waals surface area contributed by atoms with E-state index in [0.29, 0.717) is 17.6 Å². The summed E-state index contributed by atoms with van der Waals surface area (Å²) < 4.78 is 3.22. The van der Waals surface area contributed by atoms with Crippen molar-refractivity contribution in [3.05, 3.63) is 41.7 Å². The Labute approximate surface area is 137 Å². The first-order chi connectivity index (χ1) is 11.5. The van der Waals surface area contributed by atoms with Gasteiger partial charge in [-0.2, -0.15) is 10.4 Å². The van der Waals surface area contributed by atoms with Crippen LogP contribution >= 0.6 is 0 Å². The van der Waals surface area contributed by atoms with Gasteiger partial charge >= 0.3 is 0 Å². The molecule has 2 heterocycles. The van der Waals surface area contributed by atoms with Crippen LogP contribution < -0.4 is 5.32 Å². The Morgan fingerprint density at radius 3 is 2.79 bits per heavy atom. The maximum atomic E-state index is 12.2. The van der Waals surface area contributed by atoms with Gasteiger partial charge in [0.25, 0.3) is 11.7 Å². The molecule has 1 amide bonds. The number of carbonyl (C=O) groups excluding carboxylic acids is 2. The molecule has 3 aromatic rings. The normalized spacial score (nSPS) is 10.5. The Morgan fingerprint density at radius 2 is 2.17 bits per heavy atom. The van der Waals surface area contributed by atoms with Crippen LogP contribution in [0.4, 0.5) is 5.95 Å². The van der Waals surface area contributed by atoms with Crippen molar-refractivity contribution in [3.8, 4) is 6.07 Å². The minimum atomic E-state index is -0.784. The van der Waals surface area contributed by atoms with Gasteiger partial charge in [0, 0.05) is 19.8 Å². The van der Waals surface area contributed by atoms with Crippen LogP contribution in [-0.4, -0.2) is 31.0 Å². The first-order valence-corrected chi connectivity index (χ1v) is 7.28. The average Bonchev–Trinajstić information content (AvgIpc) is 3.16. The summed E-state index contributed by atoms with van der Waals surface area (Å²) in [6.45, 7) is 2.46. The van der Waals surface area contributed by atoms with Gasteiger partial charge in [0.1, 0.15) is 0 Å². The maximum absolute atomic E-state index is 12.2. The van der Waals surface area contributed by atoms with Crippen LogP contribution in [0.5, 0.6) is 0 Å². The minimum Gasteiger partial charge on any atom is -0.310 e. The van der Waals surface area contributed by atoms with Crippen molar-refractivity contribution in [2.75, 3.05) is 5.32 Å². The van der Waals surface area contributed by atoms with Crippen molar-refractivity contribution in [2.45, 2.75) is 13.5 Å². The summed E-state index contributed by atoms with van der Waals surface area (Å²) in [5.41, 5.74) is 2.05. The van der Waals surface area contributed by atoms with E-state index < -0.39 is 11.7 Å². The number of aryl methyl sites for hydroxylation is 2. The molecule has 0 aliphatic heterocycles. The van der Waals surface area contributed by atoms with E-state index in [1.54, 1.807) is 29.8 Å². The molecule has 2 aromatic heterocycles. The zero-order valence-corrected chi connectivity index (χ0v) is 13.1. The number of carbonyl (C=O) groups is 2. The second-order valence-corrected chi connectivity index (χ2v) is 5.18. The van der Waals surface area contributed by atoms with Gasteiger partial charge in [-0.1, -0.05) is 0 Å². The Hall–Kier alpha value is -3.47. The maximum Gasteiger partial charge on any atom is 0.299 e. The fourth-order valence-electron chi connectivity index (χ4n) is 2.44. The average molecular weight is 322 g/mol. The van der Waals surface area contributed by atoms with Crippen LogP contribution in [0, 0.1) is 11.3 Å². The molecule has 0 fully saturated rings. The Balaban J connectivity index is 1.93. The number of amides is 1. The zero-order chi connectivity index (χ0) is 17.3. The molecular weight excluding hydrogens is 308 g/mol. The number of rotatable bonds is 4. The van der Waals surface area contributed by atoms with Crippen molar-refractivity contribution in [2.24, 2.45) is 7.05 Å². The van der Waals surface area contributed by atoms with Crippen molar-refractivity contribution in [1.29, 1.82) is 5.26 Å². The third-order valence-electron chi connectivity index (χ3n) is 3.59. The molecule has 1 N–H and O–H groups in total. The monoisotopic (exact) mass is 322 g/mol. The number of hydrogen-bond acceptors (Lipinski definition) is 5. The van der Waals surface area contributed by atoms with Gasteiger partial charge in [-0.05, 0) is 25.1 Å². The lowest BCUT2D eigenvalue weighted by Gasteiger charge is -2.06. The van der Waals surface area contributed by atoms with Crippen LogP contribution in [0.3, 0.4) is 0 Å². The highest BCUT2D eigenvalue weighted by Crippen LogP contribution is 2.21. The molecule has 24 heavy (non-hydrogen) atoms. The summed E-state index contributed by atoms with van der Waals surface area (Å²) in [6.07, 6.45) is 2.81. The summed E-state index contributed by atoms with van der Waals surface area (Å²) in [5.74, 6) is -1.20. The van der Waals surface area contributed by atoms with E-state index in [2.05, 4.69) is 15.4 Å². The molecule has 8 heteroatoms. The molecule has 0 saturated carbocycles. The van der Waals surface area contributed by atoms with Crippen LogP contribution in [0.2, 0.25) is 0 Å². The number of nitrogens with one attached hydrogen (secondary N) is 1. The highest BCUT2D eigenvalue weighted by atomic mass is 16.2. The topological polar surface area (TPSA) is 106 Å². The summed E-state index contributed by atoms with van der Waals surface area (Å²) in [4.78, 5) is 28.6. The van der Waals surface area contributed by atoms with Crippen molar-refractivity contribution >= 4 is 28.7 Å². The molecule has 0 unspecified atom stereocenters. The number of benzene rings is 1. The van der Waals surface area contributed by atoms with E-state index in [1.165, 1.54) is 17.1 Å². The number of aromatic nitrogens is 4. The quantitative estimate of drug-likeness (QED) is 0.578. The van der Waals surface area contributed by atoms with E-state index in [1.807, 2.05) is 13.0 Å². The van der Waals surface area contributed by atoms with Crippen LogP contribution in [0.25, 0.3) is 11.0 Å². The van der Waals surface area contributed by atoms with Crippen molar-refractivity contribution in [1.82, 2.24) is 19.3 Å². The number of fused-ring (bicyclic) bond motifs is 1. The van der Waals surface area contributed by atoms with Gasteiger partial charge in [-0.15, -0.1) is 0 Å². The standard InChI is InChI=1S/C16H14N6O2/c1-3-22-13-5-4-10(7-17)6-12(13)19-16(22)20-15(24)14(23)11-8-18-21(2)9-11/h4-6,8-9H,3H2,1-2H3,(H,19,20,24). The minimum absolute atomic E-state index is 0.209. The van der Waals surface area contributed by atoms with Crippen LogP contribution in [-0.2, 0) is 18.4 Å². The number of ketones is 1. The SMILES string of the molecule is CCn1c(NC(=O)C(=O)c2cnn(C)c2)nc2cc(C#N)ccc21. The van der Waals surface area contributed by atoms with E-state index >= 15 is 0 Å². The molecular formula is C16H14N6O2. The second-order valence-electron chi connectivity index (χ2n) is 5.18. The smallest absolute Gasteiger partial charge is 0.299 e. The number of anilines is 1. The number of imidazole rings is 1. The Morgan fingerprint density at radius 1 is 1.38 bits per heavy atom. The third kappa shape index (κ3) is 2.63. The number of hydrogen-bond donors (Lipinski definition) is 1. The molecule has 0 bridgehead atoms. The fraction of sp³-hybridized carbons (Fsp3) is 0.188. The molecule has 120 valence electrons. The van der Waals surface area contributed by atoms with Crippen molar-refractivity contribution in [3.63, 3.8) is 0 Å². The highest BCUT2D eigenvalue weighted by Gasteiger charge is 2.20. The Bertz CT molecular complexity index is 992. The summed E-state index contributed by atoms with van der Waals surface area (Å²) in [6, 6.07) is 7.14.